The first-order valence-electron chi connectivity index (χ1n) is 7.95. The van der Waals surface area contributed by atoms with Crippen molar-refractivity contribution in [3.05, 3.63) is 59.2 Å². The van der Waals surface area contributed by atoms with Gasteiger partial charge in [-0.3, -0.25) is 4.79 Å². The summed E-state index contributed by atoms with van der Waals surface area (Å²) in [5.41, 5.74) is -2.44. The van der Waals surface area contributed by atoms with Gasteiger partial charge >= 0.3 is 5.51 Å². The maximum Gasteiger partial charge on any atom is 0.501 e. The molecule has 2 aromatic rings. The van der Waals surface area contributed by atoms with Crippen LogP contribution >= 0.6 is 0 Å². The lowest BCUT2D eigenvalue weighted by Gasteiger charge is -2.31. The number of benzene rings is 2. The molecule has 26 heavy (non-hydrogen) atoms. The highest BCUT2D eigenvalue weighted by Crippen LogP contribution is 2.33. The Bertz CT molecular complexity index is 951. The molecule has 3 rings (SSSR count). The van der Waals surface area contributed by atoms with Gasteiger partial charge in [-0.05, 0) is 55.2 Å². The number of carbonyl (C=O) groups excluding carboxylic acids is 1. The Morgan fingerprint density at radius 2 is 1.73 bits per heavy atom. The van der Waals surface area contributed by atoms with Gasteiger partial charge in [-0.25, -0.2) is 8.42 Å². The summed E-state index contributed by atoms with van der Waals surface area (Å²) in [7, 11) is -5.42. The number of carbonyl (C=O) groups is 1. The maximum absolute atomic E-state index is 12.8. The van der Waals surface area contributed by atoms with Crippen molar-refractivity contribution >= 4 is 21.4 Å². The molecule has 0 radical (unpaired) electrons. The highest BCUT2D eigenvalue weighted by molar-refractivity contribution is 7.92. The van der Waals surface area contributed by atoms with E-state index in [9.17, 15) is 26.4 Å². The van der Waals surface area contributed by atoms with Crippen molar-refractivity contribution in [2.75, 3.05) is 11.4 Å². The van der Waals surface area contributed by atoms with Crippen LogP contribution in [0.3, 0.4) is 0 Å². The van der Waals surface area contributed by atoms with E-state index in [1.165, 1.54) is 0 Å². The third-order valence-electron chi connectivity index (χ3n) is 4.38. The summed E-state index contributed by atoms with van der Waals surface area (Å²) in [5.74, 6) is -0.365. The number of fused-ring (bicyclic) bond motifs is 1. The number of nitrogens with zero attached hydrogens (tertiary/aromatic N) is 1. The van der Waals surface area contributed by atoms with Gasteiger partial charge in [0.15, 0.2) is 0 Å². The molecule has 0 unspecified atom stereocenters. The smallest absolute Gasteiger partial charge is 0.308 e. The summed E-state index contributed by atoms with van der Waals surface area (Å²) in [6.07, 6.45) is 1.63. The third-order valence-corrected chi connectivity index (χ3v) is 5.88. The third kappa shape index (κ3) is 3.09. The van der Waals surface area contributed by atoms with Crippen molar-refractivity contribution < 1.29 is 26.4 Å². The Morgan fingerprint density at radius 1 is 1.08 bits per heavy atom. The molecule has 0 aromatic heterocycles. The number of hydrogen-bond donors (Lipinski definition) is 0. The van der Waals surface area contributed by atoms with Crippen LogP contribution in [-0.4, -0.2) is 26.4 Å². The first kappa shape index (κ1) is 18.4. The molecule has 0 spiro atoms. The molecule has 0 saturated heterocycles. The van der Waals surface area contributed by atoms with Crippen LogP contribution in [0, 0.1) is 6.92 Å². The van der Waals surface area contributed by atoms with Crippen LogP contribution in [0.2, 0.25) is 0 Å². The SMILES string of the molecule is Cc1cccc2c1N(C(=O)c1ccc(S(=O)(=O)C(F)(F)F)cc1)CCC2. The van der Waals surface area contributed by atoms with Gasteiger partial charge in [0.25, 0.3) is 15.7 Å². The number of amides is 1. The van der Waals surface area contributed by atoms with Crippen molar-refractivity contribution in [3.63, 3.8) is 0 Å². The van der Waals surface area contributed by atoms with E-state index in [1.54, 1.807) is 4.90 Å². The van der Waals surface area contributed by atoms with Gasteiger partial charge in [-0.2, -0.15) is 13.2 Å². The zero-order chi connectivity index (χ0) is 19.1. The van der Waals surface area contributed by atoms with Crippen LogP contribution in [0.1, 0.15) is 27.9 Å². The quantitative estimate of drug-likeness (QED) is 0.791. The van der Waals surface area contributed by atoms with Gasteiger partial charge in [0, 0.05) is 12.1 Å². The fourth-order valence-corrected chi connectivity index (χ4v) is 3.88. The molecule has 2 aromatic carbocycles. The first-order chi connectivity index (χ1) is 12.1. The van der Waals surface area contributed by atoms with E-state index in [0.29, 0.717) is 6.54 Å². The summed E-state index contributed by atoms with van der Waals surface area (Å²) in [6.45, 7) is 2.39. The van der Waals surface area contributed by atoms with E-state index in [-0.39, 0.29) is 11.5 Å². The lowest BCUT2D eigenvalue weighted by Crippen LogP contribution is -2.36. The van der Waals surface area contributed by atoms with Gasteiger partial charge in [-0.1, -0.05) is 18.2 Å². The second-order valence-corrected chi connectivity index (χ2v) is 8.06. The Kier molecular flexibility index (Phi) is 4.56. The molecular formula is C18H16F3NO3S. The van der Waals surface area contributed by atoms with E-state index in [1.807, 2.05) is 25.1 Å². The van der Waals surface area contributed by atoms with Crippen molar-refractivity contribution in [2.24, 2.45) is 0 Å². The topological polar surface area (TPSA) is 54.5 Å². The van der Waals surface area contributed by atoms with Gasteiger partial charge in [0.1, 0.15) is 0 Å². The maximum atomic E-state index is 12.8. The molecule has 0 bridgehead atoms. The summed E-state index contributed by atoms with van der Waals surface area (Å²) < 4.78 is 60.7. The van der Waals surface area contributed by atoms with Crippen LogP contribution in [0.25, 0.3) is 0 Å². The lowest BCUT2D eigenvalue weighted by molar-refractivity contribution is -0.0436. The highest BCUT2D eigenvalue weighted by atomic mass is 32.2. The van der Waals surface area contributed by atoms with E-state index >= 15 is 0 Å². The largest absolute Gasteiger partial charge is 0.501 e. The minimum absolute atomic E-state index is 0.141. The molecule has 138 valence electrons. The number of alkyl halides is 3. The van der Waals surface area contributed by atoms with Gasteiger partial charge in [0.2, 0.25) is 0 Å². The van der Waals surface area contributed by atoms with Crippen molar-refractivity contribution in [1.29, 1.82) is 0 Å². The van der Waals surface area contributed by atoms with E-state index < -0.39 is 20.2 Å². The first-order valence-corrected chi connectivity index (χ1v) is 9.43. The Hall–Kier alpha value is -2.35. The van der Waals surface area contributed by atoms with Gasteiger partial charge in [0.05, 0.1) is 10.6 Å². The number of sulfone groups is 1. The van der Waals surface area contributed by atoms with Crippen LogP contribution in [0.5, 0.6) is 0 Å². The molecular weight excluding hydrogens is 367 g/mol. The second kappa shape index (κ2) is 6.42. The predicted octanol–water partition coefficient (Wildman–Crippen LogP) is 3.88. The zero-order valence-corrected chi connectivity index (χ0v) is 14.7. The second-order valence-electron chi connectivity index (χ2n) is 6.12. The molecule has 8 heteroatoms. The summed E-state index contributed by atoms with van der Waals surface area (Å²) in [4.78, 5) is 13.5. The Morgan fingerprint density at radius 3 is 2.35 bits per heavy atom. The zero-order valence-electron chi connectivity index (χ0n) is 13.9. The average molecular weight is 383 g/mol. The standard InChI is InChI=1S/C18H16F3NO3S/c1-12-4-2-5-13-6-3-11-22(16(12)13)17(23)14-7-9-15(10-8-14)26(24,25)18(19,20)21/h2,4-5,7-10H,3,6,11H2,1H3. The van der Waals surface area contributed by atoms with Gasteiger partial charge in [-0.15, -0.1) is 0 Å². The minimum Gasteiger partial charge on any atom is -0.308 e. The molecule has 4 nitrogen and oxygen atoms in total. The van der Waals surface area contributed by atoms with Crippen molar-refractivity contribution in [1.82, 2.24) is 0 Å². The number of aryl methyl sites for hydroxylation is 2. The lowest BCUT2D eigenvalue weighted by atomic mass is 9.97. The normalized spacial score (nSPS) is 14.8. The minimum atomic E-state index is -5.42. The van der Waals surface area contributed by atoms with Crippen LogP contribution in [0.15, 0.2) is 47.4 Å². The fourth-order valence-electron chi connectivity index (χ4n) is 3.12. The van der Waals surface area contributed by atoms with Gasteiger partial charge < -0.3 is 4.90 Å². The Labute approximate surface area is 149 Å². The van der Waals surface area contributed by atoms with Crippen molar-refractivity contribution in [2.45, 2.75) is 30.2 Å². The number of para-hydroxylation sites is 1. The monoisotopic (exact) mass is 383 g/mol. The van der Waals surface area contributed by atoms with Crippen LogP contribution in [-0.2, 0) is 16.3 Å². The van der Waals surface area contributed by atoms with Crippen LogP contribution in [0.4, 0.5) is 18.9 Å². The average Bonchev–Trinajstić information content (AvgIpc) is 2.60. The molecule has 0 saturated carbocycles. The highest BCUT2D eigenvalue weighted by Gasteiger charge is 2.46. The summed E-state index contributed by atoms with van der Waals surface area (Å²) >= 11 is 0. The molecule has 0 atom stereocenters. The molecule has 1 aliphatic heterocycles. The Balaban J connectivity index is 1.94. The predicted molar refractivity (Wildman–Crippen MR) is 90.9 cm³/mol. The summed E-state index contributed by atoms with van der Waals surface area (Å²) in [6, 6.07) is 9.63. The molecule has 0 N–H and O–H groups in total. The number of rotatable bonds is 2. The summed E-state index contributed by atoms with van der Waals surface area (Å²) in [5, 5.41) is 0. The number of halogens is 3. The molecule has 0 aliphatic carbocycles. The molecule has 1 amide bonds. The number of hydrogen-bond acceptors (Lipinski definition) is 3. The molecule has 1 aliphatic rings. The van der Waals surface area contributed by atoms with E-state index in [2.05, 4.69) is 0 Å². The molecule has 0 fully saturated rings. The van der Waals surface area contributed by atoms with Crippen LogP contribution < -0.4 is 4.90 Å². The van der Waals surface area contributed by atoms with E-state index in [0.717, 1.165) is 53.9 Å². The van der Waals surface area contributed by atoms with Crippen molar-refractivity contribution in [3.8, 4) is 0 Å². The van der Waals surface area contributed by atoms with E-state index in [4.69, 9.17) is 0 Å². The number of anilines is 1. The molecule has 1 heterocycles. The fraction of sp³-hybridized carbons (Fsp3) is 0.278.